The van der Waals surface area contributed by atoms with E-state index in [1.807, 2.05) is 0 Å². The van der Waals surface area contributed by atoms with Gasteiger partial charge in [-0.05, 0) is 17.7 Å². The number of alkyl halides is 3. The predicted octanol–water partition coefficient (Wildman–Crippen LogP) is 2.16. The zero-order valence-corrected chi connectivity index (χ0v) is 7.58. The number of nitrogens with one attached hydrogen (secondary N) is 2. The summed E-state index contributed by atoms with van der Waals surface area (Å²) >= 11 is 5.61. The highest BCUT2D eigenvalue weighted by Gasteiger charge is 2.65. The van der Waals surface area contributed by atoms with E-state index in [1.54, 1.807) is 0 Å². The first-order valence-corrected chi connectivity index (χ1v) is 4.21. The Morgan fingerprint density at radius 2 is 1.86 bits per heavy atom. The number of benzene rings is 1. The molecule has 0 radical (unpaired) electrons. The normalized spacial score (nSPS) is 19.4. The molecule has 6 heteroatoms. The molecule has 1 fully saturated rings. The highest BCUT2D eigenvalue weighted by molar-refractivity contribution is 6.30. The third kappa shape index (κ3) is 1.37. The molecule has 1 aliphatic heterocycles. The van der Waals surface area contributed by atoms with E-state index in [-0.39, 0.29) is 10.6 Å². The fourth-order valence-corrected chi connectivity index (χ4v) is 1.42. The van der Waals surface area contributed by atoms with E-state index < -0.39 is 11.8 Å². The number of hydrogen-bond acceptors (Lipinski definition) is 2. The topological polar surface area (TPSA) is 43.9 Å². The molecule has 0 unspecified atom stereocenters. The molecule has 0 aliphatic carbocycles. The van der Waals surface area contributed by atoms with Crippen LogP contribution in [0.2, 0.25) is 5.02 Å². The monoisotopic (exact) mass is 222 g/mol. The molecule has 1 saturated heterocycles. The van der Waals surface area contributed by atoms with E-state index in [0.29, 0.717) is 0 Å². The highest BCUT2D eigenvalue weighted by Crippen LogP contribution is 2.42. The zero-order valence-electron chi connectivity index (χ0n) is 6.82. The van der Waals surface area contributed by atoms with Gasteiger partial charge in [-0.25, -0.2) is 10.9 Å². The van der Waals surface area contributed by atoms with Crippen LogP contribution in [0.1, 0.15) is 5.56 Å². The van der Waals surface area contributed by atoms with Crippen LogP contribution in [0.3, 0.4) is 0 Å². The van der Waals surface area contributed by atoms with Crippen LogP contribution in [0.15, 0.2) is 24.3 Å². The minimum Gasteiger partial charge on any atom is -0.223 e. The van der Waals surface area contributed by atoms with Gasteiger partial charge in [0.05, 0.1) is 0 Å². The Bertz CT molecular complexity index is 360. The van der Waals surface area contributed by atoms with Gasteiger partial charge >= 0.3 is 6.18 Å². The average molecular weight is 223 g/mol. The Morgan fingerprint density at radius 3 is 2.29 bits per heavy atom. The van der Waals surface area contributed by atoms with Gasteiger partial charge in [-0.3, -0.25) is 0 Å². The van der Waals surface area contributed by atoms with E-state index >= 15 is 0 Å². The fourth-order valence-electron chi connectivity index (χ4n) is 1.23. The van der Waals surface area contributed by atoms with Crippen molar-refractivity contribution >= 4 is 11.6 Å². The second-order valence-corrected chi connectivity index (χ2v) is 3.44. The van der Waals surface area contributed by atoms with Crippen molar-refractivity contribution in [1.82, 2.24) is 10.9 Å². The van der Waals surface area contributed by atoms with E-state index in [0.717, 1.165) is 0 Å². The highest BCUT2D eigenvalue weighted by atomic mass is 35.5. The van der Waals surface area contributed by atoms with Gasteiger partial charge in [0.1, 0.15) is 0 Å². The maximum Gasteiger partial charge on any atom is 0.426 e. The second-order valence-electron chi connectivity index (χ2n) is 3.01. The Kier molecular flexibility index (Phi) is 1.99. The van der Waals surface area contributed by atoms with Gasteiger partial charge in [-0.2, -0.15) is 13.2 Å². The molecule has 0 saturated carbocycles. The standard InChI is InChI=1S/C8H6ClF3N2/c9-6-3-1-2-5(4-6)7(13-14-7)8(10,11)12/h1-4,13-14H. The molecule has 2 nitrogen and oxygen atoms in total. The van der Waals surface area contributed by atoms with Crippen LogP contribution in [-0.2, 0) is 5.66 Å². The Balaban J connectivity index is 2.41. The minimum atomic E-state index is -4.38. The van der Waals surface area contributed by atoms with E-state index in [1.165, 1.54) is 24.3 Å². The number of hydrazine groups is 1. The fraction of sp³-hybridized carbons (Fsp3) is 0.250. The number of halogens is 4. The van der Waals surface area contributed by atoms with Crippen LogP contribution in [0, 0.1) is 0 Å². The summed E-state index contributed by atoms with van der Waals surface area (Å²) in [4.78, 5) is 0. The Labute approximate surface area is 83.0 Å². The largest absolute Gasteiger partial charge is 0.426 e. The first kappa shape index (κ1) is 9.76. The SMILES string of the molecule is FC(F)(F)C1(c2cccc(Cl)c2)NN1. The molecule has 76 valence electrons. The molecule has 1 aromatic rings. The summed E-state index contributed by atoms with van der Waals surface area (Å²) < 4.78 is 37.6. The quantitative estimate of drug-likeness (QED) is 0.716. The molecular formula is C8H6ClF3N2. The van der Waals surface area contributed by atoms with Crippen LogP contribution in [0.5, 0.6) is 0 Å². The van der Waals surface area contributed by atoms with E-state index in [4.69, 9.17) is 11.6 Å². The molecule has 2 rings (SSSR count). The maximum atomic E-state index is 12.5. The molecule has 14 heavy (non-hydrogen) atoms. The molecule has 1 heterocycles. The van der Waals surface area contributed by atoms with Gasteiger partial charge in [0, 0.05) is 5.02 Å². The molecular weight excluding hydrogens is 217 g/mol. The van der Waals surface area contributed by atoms with Crippen LogP contribution in [0.25, 0.3) is 0 Å². The first-order chi connectivity index (χ1) is 6.46. The summed E-state index contributed by atoms with van der Waals surface area (Å²) in [5.74, 6) is 0. The number of rotatable bonds is 1. The summed E-state index contributed by atoms with van der Waals surface area (Å²) in [6, 6.07) is 5.65. The summed E-state index contributed by atoms with van der Waals surface area (Å²) in [5.41, 5.74) is 2.15. The lowest BCUT2D eigenvalue weighted by atomic mass is 10.0. The third-order valence-electron chi connectivity index (χ3n) is 2.06. The van der Waals surface area contributed by atoms with Crippen LogP contribution in [-0.4, -0.2) is 6.18 Å². The third-order valence-corrected chi connectivity index (χ3v) is 2.29. The van der Waals surface area contributed by atoms with Gasteiger partial charge in [0.15, 0.2) is 0 Å². The smallest absolute Gasteiger partial charge is 0.223 e. The van der Waals surface area contributed by atoms with Gasteiger partial charge < -0.3 is 0 Å². The van der Waals surface area contributed by atoms with Crippen molar-refractivity contribution in [2.45, 2.75) is 11.8 Å². The minimum absolute atomic E-state index is 0.0671. The van der Waals surface area contributed by atoms with Gasteiger partial charge in [-0.15, -0.1) is 0 Å². The van der Waals surface area contributed by atoms with Crippen molar-refractivity contribution in [3.8, 4) is 0 Å². The maximum absolute atomic E-state index is 12.5. The van der Waals surface area contributed by atoms with Crippen molar-refractivity contribution < 1.29 is 13.2 Å². The van der Waals surface area contributed by atoms with E-state index in [9.17, 15) is 13.2 Å². The Hall–Kier alpha value is -0.780. The molecule has 0 spiro atoms. The van der Waals surface area contributed by atoms with Crippen molar-refractivity contribution in [1.29, 1.82) is 0 Å². The first-order valence-electron chi connectivity index (χ1n) is 3.83. The van der Waals surface area contributed by atoms with Crippen molar-refractivity contribution in [3.63, 3.8) is 0 Å². The summed E-state index contributed by atoms with van der Waals surface area (Å²) in [7, 11) is 0. The van der Waals surface area contributed by atoms with Crippen molar-refractivity contribution in [2.24, 2.45) is 0 Å². The molecule has 0 aromatic heterocycles. The van der Waals surface area contributed by atoms with Crippen LogP contribution < -0.4 is 10.9 Å². The molecule has 0 amide bonds. The van der Waals surface area contributed by atoms with Gasteiger partial charge in [-0.1, -0.05) is 23.7 Å². The predicted molar refractivity (Wildman–Crippen MR) is 45.5 cm³/mol. The molecule has 1 aromatic carbocycles. The van der Waals surface area contributed by atoms with Gasteiger partial charge in [0.2, 0.25) is 5.66 Å². The second kappa shape index (κ2) is 2.85. The lowest BCUT2D eigenvalue weighted by Gasteiger charge is -2.16. The van der Waals surface area contributed by atoms with Crippen molar-refractivity contribution in [3.05, 3.63) is 34.9 Å². The Morgan fingerprint density at radius 1 is 1.21 bits per heavy atom. The molecule has 1 aliphatic rings. The summed E-state index contributed by atoms with van der Waals surface area (Å²) in [6.45, 7) is 0. The van der Waals surface area contributed by atoms with E-state index in [2.05, 4.69) is 10.9 Å². The number of hydrogen-bond donors (Lipinski definition) is 2. The molecule has 0 atom stereocenters. The summed E-state index contributed by atoms with van der Waals surface area (Å²) in [5, 5.41) is 0.279. The lowest BCUT2D eigenvalue weighted by Crippen LogP contribution is -2.34. The van der Waals surface area contributed by atoms with Crippen LogP contribution in [0.4, 0.5) is 13.2 Å². The van der Waals surface area contributed by atoms with Crippen molar-refractivity contribution in [2.75, 3.05) is 0 Å². The lowest BCUT2D eigenvalue weighted by molar-refractivity contribution is -0.165. The molecule has 2 N–H and O–H groups in total. The molecule has 0 bridgehead atoms. The zero-order chi connectivity index (χ0) is 10.4. The average Bonchev–Trinajstić information content (AvgIpc) is 2.82. The summed E-state index contributed by atoms with van der Waals surface area (Å²) in [6.07, 6.45) is -4.38. The van der Waals surface area contributed by atoms with Crippen LogP contribution >= 0.6 is 11.6 Å². The van der Waals surface area contributed by atoms with Gasteiger partial charge in [0.25, 0.3) is 0 Å².